The summed E-state index contributed by atoms with van der Waals surface area (Å²) in [5, 5.41) is 3.92. The van der Waals surface area contributed by atoms with Crippen molar-refractivity contribution in [2.75, 3.05) is 6.54 Å². The fraction of sp³-hybridized carbons (Fsp3) is 0.615. The monoisotopic (exact) mass is 443 g/mol. The van der Waals surface area contributed by atoms with Gasteiger partial charge in [-0.25, -0.2) is 0 Å². The summed E-state index contributed by atoms with van der Waals surface area (Å²) < 4.78 is 1.31. The molecule has 3 aliphatic carbocycles. The molecule has 0 aromatic carbocycles. The molecule has 1 nitrogen and oxygen atoms in total. The second-order valence-corrected chi connectivity index (χ2v) is 9.30. The molecule has 0 fully saturated rings. The van der Waals surface area contributed by atoms with Crippen molar-refractivity contribution in [2.24, 2.45) is 5.92 Å². The molecule has 0 radical (unpaired) electrons. The molecular weight excluding hydrogens is 406 g/mol. The van der Waals surface area contributed by atoms with Crippen LogP contribution in [0.25, 0.3) is 0 Å². The lowest BCUT2D eigenvalue weighted by Gasteiger charge is -2.38. The number of fused-ring (bicyclic) bond motifs is 2. The molecule has 1 N–H and O–H groups in total. The summed E-state index contributed by atoms with van der Waals surface area (Å²) in [4.78, 5) is 0. The van der Waals surface area contributed by atoms with Crippen LogP contribution in [0.4, 0.5) is 0 Å². The number of hydrogen-bond donors (Lipinski definition) is 1. The van der Waals surface area contributed by atoms with E-state index in [0.29, 0.717) is 12.0 Å². The zero-order chi connectivity index (χ0) is 19.6. The molecule has 2 unspecified atom stereocenters. The summed E-state index contributed by atoms with van der Waals surface area (Å²) in [7, 11) is 0. The minimum absolute atomic E-state index is 0.433. The van der Waals surface area contributed by atoms with Gasteiger partial charge in [0.15, 0.2) is 0 Å². The van der Waals surface area contributed by atoms with Crippen molar-refractivity contribution in [2.45, 2.75) is 90.0 Å². The van der Waals surface area contributed by atoms with Gasteiger partial charge in [0.2, 0.25) is 0 Å². The molecule has 0 aromatic rings. The lowest BCUT2D eigenvalue weighted by atomic mass is 9.74. The summed E-state index contributed by atoms with van der Waals surface area (Å²) in [6, 6.07) is 0.433. The highest BCUT2D eigenvalue weighted by molar-refractivity contribution is 9.12. The van der Waals surface area contributed by atoms with Gasteiger partial charge in [0.25, 0.3) is 0 Å². The number of allylic oxidation sites excluding steroid dienone is 6. The fourth-order valence-electron chi connectivity index (χ4n) is 4.73. The molecule has 0 saturated carbocycles. The average Bonchev–Trinajstić information content (AvgIpc) is 2.74. The van der Waals surface area contributed by atoms with Crippen LogP contribution in [0.5, 0.6) is 0 Å². The van der Waals surface area contributed by atoms with Crippen LogP contribution in [0, 0.1) is 5.92 Å². The van der Waals surface area contributed by atoms with Gasteiger partial charge in [-0.1, -0.05) is 101 Å². The van der Waals surface area contributed by atoms with Gasteiger partial charge in [-0.15, -0.1) is 0 Å². The number of hydrogen-bond acceptors (Lipinski definition) is 1. The second-order valence-electron chi connectivity index (χ2n) is 8.51. The van der Waals surface area contributed by atoms with E-state index in [9.17, 15) is 0 Å². The normalized spacial score (nSPS) is 23.4. The Morgan fingerprint density at radius 3 is 2.32 bits per heavy atom. The molecule has 2 heteroatoms. The Bertz CT molecular complexity index is 649. The van der Waals surface area contributed by atoms with Crippen LogP contribution in [0.2, 0.25) is 0 Å². The minimum Gasteiger partial charge on any atom is -0.309 e. The molecule has 0 saturated heterocycles. The highest BCUT2D eigenvalue weighted by atomic mass is 79.9. The predicted octanol–water partition coefficient (Wildman–Crippen LogP) is 7.92. The Hall–Kier alpha value is -0.860. The zero-order valence-corrected chi connectivity index (χ0v) is 19.3. The van der Waals surface area contributed by atoms with E-state index in [2.05, 4.69) is 64.6 Å². The number of nitrogens with one attached hydrogen (secondary N) is 1. The summed E-state index contributed by atoms with van der Waals surface area (Å²) in [5.74, 6) is 0.462. The summed E-state index contributed by atoms with van der Waals surface area (Å²) in [6.07, 6.45) is 30.3. The molecule has 154 valence electrons. The molecule has 0 bridgehead atoms. The van der Waals surface area contributed by atoms with Crippen LogP contribution >= 0.6 is 15.9 Å². The SMILES string of the molecule is CCCCCCCCCCCCNC1C2=CCCC=C2C(Br)=C2C=CC=CC21. The van der Waals surface area contributed by atoms with E-state index in [1.54, 1.807) is 0 Å². The highest BCUT2D eigenvalue weighted by Gasteiger charge is 2.35. The molecule has 0 amide bonds. The Morgan fingerprint density at radius 2 is 1.57 bits per heavy atom. The van der Waals surface area contributed by atoms with Crippen molar-refractivity contribution in [1.29, 1.82) is 0 Å². The maximum Gasteiger partial charge on any atom is 0.0428 e. The van der Waals surface area contributed by atoms with E-state index in [1.165, 1.54) is 91.8 Å². The van der Waals surface area contributed by atoms with Crippen molar-refractivity contribution >= 4 is 15.9 Å². The lowest BCUT2D eigenvalue weighted by Crippen LogP contribution is -2.42. The molecule has 0 heterocycles. The Labute approximate surface area is 181 Å². The molecule has 0 aromatic heterocycles. The second kappa shape index (κ2) is 12.0. The third-order valence-corrected chi connectivity index (χ3v) is 7.22. The topological polar surface area (TPSA) is 12.0 Å². The molecule has 0 spiro atoms. The molecular formula is C26H38BrN. The summed E-state index contributed by atoms with van der Waals surface area (Å²) >= 11 is 3.89. The van der Waals surface area contributed by atoms with Crippen molar-refractivity contribution in [3.8, 4) is 0 Å². The highest BCUT2D eigenvalue weighted by Crippen LogP contribution is 2.44. The van der Waals surface area contributed by atoms with Crippen molar-refractivity contribution in [1.82, 2.24) is 5.32 Å². The Balaban J connectivity index is 1.41. The number of halogens is 1. The van der Waals surface area contributed by atoms with E-state index in [0.717, 1.165) is 13.0 Å². The first-order valence-electron chi connectivity index (χ1n) is 11.7. The van der Waals surface area contributed by atoms with Gasteiger partial charge in [-0.05, 0) is 58.5 Å². The van der Waals surface area contributed by atoms with Gasteiger partial charge in [0.1, 0.15) is 0 Å². The summed E-state index contributed by atoms with van der Waals surface area (Å²) in [5.41, 5.74) is 4.38. The first-order valence-corrected chi connectivity index (χ1v) is 12.5. The molecule has 28 heavy (non-hydrogen) atoms. The van der Waals surface area contributed by atoms with Gasteiger partial charge in [-0.2, -0.15) is 0 Å². The van der Waals surface area contributed by atoms with Crippen molar-refractivity contribution in [3.05, 3.63) is 57.7 Å². The van der Waals surface area contributed by atoms with Gasteiger partial charge in [-0.3, -0.25) is 0 Å². The largest absolute Gasteiger partial charge is 0.309 e. The predicted molar refractivity (Wildman–Crippen MR) is 127 cm³/mol. The van der Waals surface area contributed by atoms with Gasteiger partial charge < -0.3 is 5.32 Å². The van der Waals surface area contributed by atoms with Crippen molar-refractivity contribution < 1.29 is 0 Å². The van der Waals surface area contributed by atoms with Crippen LogP contribution in [0.3, 0.4) is 0 Å². The first kappa shape index (κ1) is 21.8. The Kier molecular flexibility index (Phi) is 9.34. The standard InChI is InChI=1S/C26H38BrN/c1-2-3-4-5-6-7-8-9-10-15-20-28-26-23-18-13-11-16-21(23)25(27)22-17-12-14-19-24(22)26/h11,13,16-19,23,26,28H,2-10,12,14-15,20H2,1H3. The third kappa shape index (κ3) is 5.83. The zero-order valence-electron chi connectivity index (χ0n) is 17.7. The van der Waals surface area contributed by atoms with E-state index >= 15 is 0 Å². The maximum absolute atomic E-state index is 3.92. The minimum atomic E-state index is 0.433. The van der Waals surface area contributed by atoms with Crippen LogP contribution in [-0.2, 0) is 0 Å². The van der Waals surface area contributed by atoms with Crippen LogP contribution in [0.1, 0.15) is 84.0 Å². The molecule has 3 rings (SSSR count). The first-order chi connectivity index (χ1) is 13.8. The summed E-state index contributed by atoms with van der Waals surface area (Å²) in [6.45, 7) is 3.42. The number of rotatable bonds is 12. The number of unbranched alkanes of at least 4 members (excludes halogenated alkanes) is 9. The van der Waals surface area contributed by atoms with Crippen LogP contribution in [-0.4, -0.2) is 12.6 Å². The average molecular weight is 445 g/mol. The lowest BCUT2D eigenvalue weighted by molar-refractivity contribution is 0.472. The van der Waals surface area contributed by atoms with Crippen LogP contribution < -0.4 is 5.32 Å². The van der Waals surface area contributed by atoms with Crippen molar-refractivity contribution in [3.63, 3.8) is 0 Å². The quantitative estimate of drug-likeness (QED) is 0.302. The molecule has 3 aliphatic rings. The van der Waals surface area contributed by atoms with Gasteiger partial charge in [0, 0.05) is 16.4 Å². The van der Waals surface area contributed by atoms with Crippen LogP contribution in [0.15, 0.2) is 57.7 Å². The van der Waals surface area contributed by atoms with E-state index in [1.807, 2.05) is 0 Å². The third-order valence-electron chi connectivity index (χ3n) is 6.33. The fourth-order valence-corrected chi connectivity index (χ4v) is 5.52. The Morgan fingerprint density at radius 1 is 0.893 bits per heavy atom. The van der Waals surface area contributed by atoms with E-state index in [-0.39, 0.29) is 0 Å². The van der Waals surface area contributed by atoms with Gasteiger partial charge in [0.05, 0.1) is 0 Å². The molecule has 0 aliphatic heterocycles. The molecule has 2 atom stereocenters. The maximum atomic E-state index is 3.92. The smallest absolute Gasteiger partial charge is 0.0428 e. The van der Waals surface area contributed by atoms with Gasteiger partial charge >= 0.3 is 0 Å². The van der Waals surface area contributed by atoms with E-state index in [4.69, 9.17) is 0 Å². The van der Waals surface area contributed by atoms with E-state index < -0.39 is 0 Å².